The number of hydrogen-bond acceptors (Lipinski definition) is 12. The fraction of sp³-hybridized carbons (Fsp3) is 0.750. The van der Waals surface area contributed by atoms with Crippen molar-refractivity contribution in [2.75, 3.05) is 66.1 Å². The zero-order valence-electron chi connectivity index (χ0n) is 17.0. The van der Waals surface area contributed by atoms with Crippen LogP contribution in [0.5, 0.6) is 0 Å². The lowest BCUT2D eigenvalue weighted by atomic mass is 10.3. The Balaban J connectivity index is 2.22. The molecule has 0 aromatic rings. The zero-order valence-corrected chi connectivity index (χ0v) is 17.9. The molecule has 0 aromatic heterocycles. The SMILES string of the molecule is O=C1COCCOCC(=O)N[C@@H]2COP(=O)(O)OC[C@H](N1)C(=O)OCCOCCOC2=O. The maximum Gasteiger partial charge on any atom is 0.472 e. The zero-order chi connectivity index (χ0) is 23.4. The molecular weight excluding hydrogens is 459 g/mol. The molecule has 0 aromatic carbocycles. The lowest BCUT2D eigenvalue weighted by Gasteiger charge is -2.22. The molecule has 15 nitrogen and oxygen atoms in total. The number of cyclic esters (lactones) is 2. The molecular formula is C16H25N2O13P. The predicted molar refractivity (Wildman–Crippen MR) is 100.0 cm³/mol. The number of phosphoric ester groups is 1. The van der Waals surface area contributed by atoms with Gasteiger partial charge in [-0.3, -0.25) is 18.6 Å². The summed E-state index contributed by atoms with van der Waals surface area (Å²) in [6.07, 6.45) is 0. The van der Waals surface area contributed by atoms with Crippen molar-refractivity contribution >= 4 is 31.6 Å². The van der Waals surface area contributed by atoms with E-state index in [2.05, 4.69) is 10.6 Å². The highest BCUT2D eigenvalue weighted by Gasteiger charge is 2.32. The van der Waals surface area contributed by atoms with Crippen LogP contribution in [0.1, 0.15) is 0 Å². The van der Waals surface area contributed by atoms with Gasteiger partial charge in [-0.05, 0) is 0 Å². The number of fused-ring (bicyclic) bond motifs is 6. The molecule has 0 saturated carbocycles. The molecule has 2 rings (SSSR count). The van der Waals surface area contributed by atoms with Gasteiger partial charge in [-0.2, -0.15) is 0 Å². The number of carbonyl (C=O) groups is 4. The van der Waals surface area contributed by atoms with Crippen LogP contribution in [0.4, 0.5) is 0 Å². The van der Waals surface area contributed by atoms with E-state index in [-0.39, 0.29) is 39.6 Å². The van der Waals surface area contributed by atoms with Crippen LogP contribution in [0.2, 0.25) is 0 Å². The number of amides is 2. The predicted octanol–water partition coefficient (Wildman–Crippen LogP) is -2.75. The van der Waals surface area contributed by atoms with E-state index in [1.807, 2.05) is 0 Å². The highest BCUT2D eigenvalue weighted by atomic mass is 31.2. The van der Waals surface area contributed by atoms with Crippen molar-refractivity contribution in [1.29, 1.82) is 0 Å². The Morgan fingerprint density at radius 3 is 1.53 bits per heavy atom. The van der Waals surface area contributed by atoms with Gasteiger partial charge in [0.1, 0.15) is 26.4 Å². The van der Waals surface area contributed by atoms with Crippen LogP contribution in [-0.4, -0.2) is 107 Å². The molecule has 32 heavy (non-hydrogen) atoms. The normalized spacial score (nSPS) is 30.9. The molecule has 0 spiro atoms. The summed E-state index contributed by atoms with van der Waals surface area (Å²) in [6, 6.07) is -2.93. The Labute approximate surface area is 182 Å². The number of nitrogens with one attached hydrogen (secondary N) is 2. The van der Waals surface area contributed by atoms with Gasteiger partial charge in [-0.15, -0.1) is 0 Å². The molecule has 2 fully saturated rings. The Kier molecular flexibility index (Phi) is 11.0. The van der Waals surface area contributed by atoms with Crippen molar-refractivity contribution in [2.24, 2.45) is 0 Å². The van der Waals surface area contributed by atoms with E-state index in [1.165, 1.54) is 0 Å². The van der Waals surface area contributed by atoms with Crippen LogP contribution in [0, 0.1) is 0 Å². The standard InChI is InChI=1S/C16H25N2O13P/c19-13-9-26-1-2-27-10-14(20)18-12-8-31-32(23,24)30-7-11(17-13)15(21)28-5-3-25-4-6-29-16(12)22/h11-12H,1-10H2,(H,17,19)(H,18,20)(H,23,24)/t11-,12+. The average Bonchev–Trinajstić information content (AvgIpc) is 2.74. The lowest BCUT2D eigenvalue weighted by molar-refractivity contribution is -0.152. The van der Waals surface area contributed by atoms with Gasteiger partial charge < -0.3 is 39.2 Å². The number of phosphoric acid groups is 1. The second-order valence-corrected chi connectivity index (χ2v) is 7.81. The average molecular weight is 484 g/mol. The number of hydrogen-bond donors (Lipinski definition) is 3. The fourth-order valence-corrected chi connectivity index (χ4v) is 3.09. The van der Waals surface area contributed by atoms with E-state index in [1.54, 1.807) is 0 Å². The number of ether oxygens (including phenoxy) is 5. The van der Waals surface area contributed by atoms with Crippen molar-refractivity contribution in [3.63, 3.8) is 0 Å². The van der Waals surface area contributed by atoms with E-state index < -0.39 is 70.1 Å². The molecule has 0 radical (unpaired) electrons. The van der Waals surface area contributed by atoms with Gasteiger partial charge in [-0.1, -0.05) is 0 Å². The van der Waals surface area contributed by atoms with E-state index in [0.29, 0.717) is 0 Å². The minimum absolute atomic E-state index is 0.0486. The molecule has 3 N–H and O–H groups in total. The van der Waals surface area contributed by atoms with Gasteiger partial charge in [-0.25, -0.2) is 14.2 Å². The molecule has 1 unspecified atom stereocenters. The van der Waals surface area contributed by atoms with Crippen molar-refractivity contribution in [3.8, 4) is 0 Å². The molecule has 2 aliphatic rings. The summed E-state index contributed by atoms with van der Waals surface area (Å²) >= 11 is 0. The van der Waals surface area contributed by atoms with E-state index >= 15 is 0 Å². The van der Waals surface area contributed by atoms with E-state index in [0.717, 1.165) is 0 Å². The van der Waals surface area contributed by atoms with Crippen molar-refractivity contribution < 1.29 is 61.4 Å². The number of carbonyl (C=O) groups excluding carboxylic acids is 4. The van der Waals surface area contributed by atoms with Crippen molar-refractivity contribution in [1.82, 2.24) is 10.6 Å². The Morgan fingerprint density at radius 2 is 1.09 bits per heavy atom. The monoisotopic (exact) mass is 484 g/mol. The second-order valence-electron chi connectivity index (χ2n) is 6.35. The summed E-state index contributed by atoms with van der Waals surface area (Å²) in [7, 11) is -4.82. The minimum atomic E-state index is -4.82. The maximum atomic E-state index is 12.3. The summed E-state index contributed by atoms with van der Waals surface area (Å²) < 4.78 is 46.9. The summed E-state index contributed by atoms with van der Waals surface area (Å²) in [5.74, 6) is -3.38. The lowest BCUT2D eigenvalue weighted by Crippen LogP contribution is -2.47. The molecule has 16 heteroatoms. The molecule has 3 atom stereocenters. The summed E-state index contributed by atoms with van der Waals surface area (Å²) in [6.45, 7) is -3.13. The van der Waals surface area contributed by atoms with Gasteiger partial charge in [0.15, 0.2) is 12.1 Å². The molecule has 2 heterocycles. The third-order valence-electron chi connectivity index (χ3n) is 3.83. The Morgan fingerprint density at radius 1 is 0.688 bits per heavy atom. The topological polar surface area (TPSA) is 194 Å². The summed E-state index contributed by atoms with van der Waals surface area (Å²) in [5, 5.41) is 4.52. The van der Waals surface area contributed by atoms with Gasteiger partial charge in [0.2, 0.25) is 11.8 Å². The third kappa shape index (κ3) is 9.99. The van der Waals surface area contributed by atoms with Crippen LogP contribution in [0.15, 0.2) is 0 Å². The van der Waals surface area contributed by atoms with Crippen LogP contribution < -0.4 is 10.6 Å². The minimum Gasteiger partial charge on any atom is -0.462 e. The van der Waals surface area contributed by atoms with Crippen LogP contribution in [-0.2, 0) is 56.5 Å². The first-order valence-electron chi connectivity index (χ1n) is 9.54. The van der Waals surface area contributed by atoms with Gasteiger partial charge >= 0.3 is 19.8 Å². The first-order chi connectivity index (χ1) is 15.3. The first kappa shape index (κ1) is 26.1. The molecule has 2 aliphatic heterocycles. The summed E-state index contributed by atoms with van der Waals surface area (Å²) in [5.41, 5.74) is 0. The summed E-state index contributed by atoms with van der Waals surface area (Å²) in [4.78, 5) is 58.4. The number of rotatable bonds is 0. The molecule has 2 saturated heterocycles. The molecule has 0 aliphatic carbocycles. The fourth-order valence-electron chi connectivity index (χ4n) is 2.34. The quantitative estimate of drug-likeness (QED) is 0.237. The molecule has 182 valence electrons. The van der Waals surface area contributed by atoms with Gasteiger partial charge in [0.05, 0.1) is 39.6 Å². The maximum absolute atomic E-state index is 12.3. The highest BCUT2D eigenvalue weighted by molar-refractivity contribution is 7.47. The first-order valence-corrected chi connectivity index (χ1v) is 11.0. The van der Waals surface area contributed by atoms with E-state index in [4.69, 9.17) is 32.7 Å². The Hall–Kier alpha value is -2.13. The highest BCUT2D eigenvalue weighted by Crippen LogP contribution is 2.43. The number of esters is 2. The van der Waals surface area contributed by atoms with Gasteiger partial charge in [0.25, 0.3) is 0 Å². The third-order valence-corrected chi connectivity index (χ3v) is 4.78. The van der Waals surface area contributed by atoms with Gasteiger partial charge in [0, 0.05) is 0 Å². The van der Waals surface area contributed by atoms with Crippen molar-refractivity contribution in [3.05, 3.63) is 0 Å². The molecule has 2 amide bonds. The van der Waals surface area contributed by atoms with Crippen LogP contribution >= 0.6 is 7.82 Å². The largest absolute Gasteiger partial charge is 0.472 e. The van der Waals surface area contributed by atoms with Crippen LogP contribution in [0.3, 0.4) is 0 Å². The Bertz CT molecular complexity index is 664. The van der Waals surface area contributed by atoms with Crippen LogP contribution in [0.25, 0.3) is 0 Å². The van der Waals surface area contributed by atoms with Crippen molar-refractivity contribution in [2.45, 2.75) is 12.1 Å². The van der Waals surface area contributed by atoms with E-state index in [9.17, 15) is 28.6 Å². The second kappa shape index (κ2) is 13.4. The molecule has 2 bridgehead atoms. The smallest absolute Gasteiger partial charge is 0.462 e.